The van der Waals surface area contributed by atoms with Crippen molar-refractivity contribution < 1.29 is 8.85 Å². The van der Waals surface area contributed by atoms with Gasteiger partial charge in [-0.3, -0.25) is 0 Å². The first-order valence-corrected chi connectivity index (χ1v) is 7.85. The highest BCUT2D eigenvalue weighted by Crippen LogP contribution is 2.21. The Morgan fingerprint density at radius 3 is 1.85 bits per heavy atom. The standard InChI is InChI=1S/C9H21ClO2Si/c1-4-8-13(9-7-10,11-5-2)12-6-3/h4-9H2,1-3H3. The van der Waals surface area contributed by atoms with Gasteiger partial charge in [-0.05, 0) is 19.9 Å². The third-order valence-electron chi connectivity index (χ3n) is 1.92. The second-order valence-electron chi connectivity index (χ2n) is 2.97. The molecular formula is C9H21ClO2Si. The molecule has 13 heavy (non-hydrogen) atoms. The van der Waals surface area contributed by atoms with E-state index in [1.807, 2.05) is 13.8 Å². The van der Waals surface area contributed by atoms with Crippen LogP contribution in [0.3, 0.4) is 0 Å². The van der Waals surface area contributed by atoms with Gasteiger partial charge in [0.05, 0.1) is 0 Å². The van der Waals surface area contributed by atoms with Crippen LogP contribution in [-0.4, -0.2) is 27.7 Å². The minimum atomic E-state index is -1.93. The number of rotatable bonds is 8. The van der Waals surface area contributed by atoms with Crippen LogP contribution in [0, 0.1) is 0 Å². The molecule has 0 fully saturated rings. The minimum absolute atomic E-state index is 0.645. The fraction of sp³-hybridized carbons (Fsp3) is 1.00. The number of hydrogen-bond acceptors (Lipinski definition) is 2. The van der Waals surface area contributed by atoms with Crippen molar-refractivity contribution in [1.82, 2.24) is 0 Å². The molecule has 0 unspecified atom stereocenters. The topological polar surface area (TPSA) is 18.5 Å². The molecule has 2 nitrogen and oxygen atoms in total. The lowest BCUT2D eigenvalue weighted by molar-refractivity contribution is 0.183. The van der Waals surface area contributed by atoms with E-state index in [9.17, 15) is 0 Å². The SMILES string of the molecule is CCC[Si](CCCl)(OCC)OCC. The molecule has 0 radical (unpaired) electrons. The van der Waals surface area contributed by atoms with E-state index in [0.29, 0.717) is 5.88 Å². The molecule has 0 aromatic carbocycles. The Morgan fingerprint density at radius 1 is 1.00 bits per heavy atom. The van der Waals surface area contributed by atoms with Crippen LogP contribution in [0.25, 0.3) is 0 Å². The van der Waals surface area contributed by atoms with Gasteiger partial charge >= 0.3 is 8.56 Å². The Morgan fingerprint density at radius 2 is 1.54 bits per heavy atom. The Hall–Kier alpha value is 0.427. The third-order valence-corrected chi connectivity index (χ3v) is 6.33. The van der Waals surface area contributed by atoms with Crippen LogP contribution < -0.4 is 0 Å². The van der Waals surface area contributed by atoms with E-state index < -0.39 is 8.56 Å². The molecule has 0 saturated carbocycles. The van der Waals surface area contributed by atoms with E-state index in [0.717, 1.165) is 31.7 Å². The summed E-state index contributed by atoms with van der Waals surface area (Å²) >= 11 is 5.77. The van der Waals surface area contributed by atoms with Gasteiger partial charge in [-0.2, -0.15) is 0 Å². The minimum Gasteiger partial charge on any atom is -0.394 e. The van der Waals surface area contributed by atoms with Crippen LogP contribution in [0.4, 0.5) is 0 Å². The number of halogens is 1. The van der Waals surface area contributed by atoms with Crippen molar-refractivity contribution in [1.29, 1.82) is 0 Å². The van der Waals surface area contributed by atoms with Crippen molar-refractivity contribution in [2.45, 2.75) is 39.3 Å². The Labute approximate surface area is 87.8 Å². The Balaban J connectivity index is 4.19. The summed E-state index contributed by atoms with van der Waals surface area (Å²) in [6.45, 7) is 7.68. The molecule has 0 N–H and O–H groups in total. The molecule has 4 heteroatoms. The molecule has 0 aliphatic rings. The molecule has 0 atom stereocenters. The first-order chi connectivity index (χ1) is 6.24. The van der Waals surface area contributed by atoms with Gasteiger partial charge in [-0.15, -0.1) is 11.6 Å². The molecule has 0 aliphatic heterocycles. The maximum atomic E-state index is 5.78. The Kier molecular flexibility index (Phi) is 8.05. The van der Waals surface area contributed by atoms with Gasteiger partial charge in [-0.1, -0.05) is 13.3 Å². The van der Waals surface area contributed by atoms with Gasteiger partial charge in [-0.25, -0.2) is 0 Å². The first kappa shape index (κ1) is 13.4. The zero-order chi connectivity index (χ0) is 10.2. The molecule has 0 aliphatic carbocycles. The monoisotopic (exact) mass is 224 g/mol. The quantitative estimate of drug-likeness (QED) is 0.466. The first-order valence-electron chi connectivity index (χ1n) is 5.08. The summed E-state index contributed by atoms with van der Waals surface area (Å²) in [6.07, 6.45) is 1.11. The normalized spacial score (nSPS) is 12.0. The van der Waals surface area contributed by atoms with Crippen LogP contribution in [0.5, 0.6) is 0 Å². The molecule has 0 amide bonds. The molecule has 0 heterocycles. The predicted octanol–water partition coefficient (Wildman–Crippen LogP) is 3.15. The predicted molar refractivity (Wildman–Crippen MR) is 59.6 cm³/mol. The van der Waals surface area contributed by atoms with E-state index in [-0.39, 0.29) is 0 Å². The maximum absolute atomic E-state index is 5.78. The van der Waals surface area contributed by atoms with Gasteiger partial charge in [0, 0.05) is 25.1 Å². The zero-order valence-corrected chi connectivity index (χ0v) is 10.7. The fourth-order valence-corrected chi connectivity index (χ4v) is 5.38. The maximum Gasteiger partial charge on any atom is 0.339 e. The smallest absolute Gasteiger partial charge is 0.339 e. The van der Waals surface area contributed by atoms with Crippen molar-refractivity contribution in [3.63, 3.8) is 0 Å². The largest absolute Gasteiger partial charge is 0.394 e. The van der Waals surface area contributed by atoms with E-state index in [1.165, 1.54) is 0 Å². The third kappa shape index (κ3) is 5.01. The molecule has 0 aromatic heterocycles. The summed E-state index contributed by atoms with van der Waals surface area (Å²) in [4.78, 5) is 0. The summed E-state index contributed by atoms with van der Waals surface area (Å²) in [7, 11) is -1.93. The average molecular weight is 225 g/mol. The molecule has 0 saturated heterocycles. The zero-order valence-electron chi connectivity index (χ0n) is 8.94. The summed E-state index contributed by atoms with van der Waals surface area (Å²) in [5.74, 6) is 0.645. The molecule has 0 spiro atoms. The second kappa shape index (κ2) is 7.80. The van der Waals surface area contributed by atoms with Crippen LogP contribution >= 0.6 is 11.6 Å². The van der Waals surface area contributed by atoms with Crippen molar-refractivity contribution in [2.75, 3.05) is 19.1 Å². The number of alkyl halides is 1. The summed E-state index contributed by atoms with van der Waals surface area (Å²) < 4.78 is 11.6. The average Bonchev–Trinajstić information content (AvgIpc) is 2.06. The van der Waals surface area contributed by atoms with E-state index in [4.69, 9.17) is 20.5 Å². The highest BCUT2D eigenvalue weighted by Gasteiger charge is 2.35. The second-order valence-corrected chi connectivity index (χ2v) is 6.74. The van der Waals surface area contributed by atoms with Crippen LogP contribution in [0.1, 0.15) is 27.2 Å². The van der Waals surface area contributed by atoms with Crippen molar-refractivity contribution in [3.8, 4) is 0 Å². The van der Waals surface area contributed by atoms with E-state index in [2.05, 4.69) is 6.92 Å². The van der Waals surface area contributed by atoms with Crippen molar-refractivity contribution in [3.05, 3.63) is 0 Å². The van der Waals surface area contributed by atoms with E-state index in [1.54, 1.807) is 0 Å². The van der Waals surface area contributed by atoms with Crippen LogP contribution in [-0.2, 0) is 8.85 Å². The molecule has 0 rings (SSSR count). The van der Waals surface area contributed by atoms with Gasteiger partial charge in [0.1, 0.15) is 0 Å². The lowest BCUT2D eigenvalue weighted by Crippen LogP contribution is -2.42. The lowest BCUT2D eigenvalue weighted by atomic mass is 10.6. The van der Waals surface area contributed by atoms with Gasteiger partial charge < -0.3 is 8.85 Å². The highest BCUT2D eigenvalue weighted by atomic mass is 35.5. The van der Waals surface area contributed by atoms with Gasteiger partial charge in [0.2, 0.25) is 0 Å². The molecule has 80 valence electrons. The van der Waals surface area contributed by atoms with Gasteiger partial charge in [0.25, 0.3) is 0 Å². The lowest BCUT2D eigenvalue weighted by Gasteiger charge is -2.29. The highest BCUT2D eigenvalue weighted by molar-refractivity contribution is 6.68. The number of hydrogen-bond donors (Lipinski definition) is 0. The van der Waals surface area contributed by atoms with E-state index >= 15 is 0 Å². The molecular weight excluding hydrogens is 204 g/mol. The fourth-order valence-electron chi connectivity index (χ4n) is 1.51. The summed E-state index contributed by atoms with van der Waals surface area (Å²) in [6, 6.07) is 1.96. The van der Waals surface area contributed by atoms with Crippen molar-refractivity contribution in [2.24, 2.45) is 0 Å². The summed E-state index contributed by atoms with van der Waals surface area (Å²) in [5, 5.41) is 0. The van der Waals surface area contributed by atoms with Gasteiger partial charge in [0.15, 0.2) is 0 Å². The van der Waals surface area contributed by atoms with Crippen LogP contribution in [0.2, 0.25) is 12.1 Å². The molecule has 0 aromatic rings. The van der Waals surface area contributed by atoms with Crippen LogP contribution in [0.15, 0.2) is 0 Å². The Bertz CT molecular complexity index is 92.7. The van der Waals surface area contributed by atoms with Crippen molar-refractivity contribution >= 4 is 20.2 Å². The molecule has 0 bridgehead atoms. The summed E-state index contributed by atoms with van der Waals surface area (Å²) in [5.41, 5.74) is 0.